The van der Waals surface area contributed by atoms with Gasteiger partial charge in [-0.05, 0) is 31.7 Å². The van der Waals surface area contributed by atoms with Crippen molar-refractivity contribution >= 4 is 31.3 Å². The molecule has 2 aliphatic heterocycles. The third kappa shape index (κ3) is 5.83. The second-order valence-corrected chi connectivity index (χ2v) is 14.2. The Kier molecular flexibility index (Phi) is 8.23. The topological polar surface area (TPSA) is 153 Å². The van der Waals surface area contributed by atoms with Crippen LogP contribution in [0.4, 0.5) is 5.69 Å². The van der Waals surface area contributed by atoms with Crippen LogP contribution in [0, 0.1) is 10.1 Å². The molecule has 5 rings (SSSR count). The zero-order chi connectivity index (χ0) is 30.9. The number of sulfone groups is 2. The number of benzene rings is 3. The van der Waals surface area contributed by atoms with Gasteiger partial charge in [-0.1, -0.05) is 60.7 Å². The molecule has 1 unspecified atom stereocenters. The van der Waals surface area contributed by atoms with E-state index in [4.69, 9.17) is 4.74 Å². The first-order chi connectivity index (χ1) is 20.4. The number of likely N-dealkylation sites (N-methyl/N-ethyl adjacent to an activating group) is 1. The van der Waals surface area contributed by atoms with E-state index in [0.717, 1.165) is 5.56 Å². The van der Waals surface area contributed by atoms with Gasteiger partial charge in [-0.25, -0.2) is 21.6 Å². The van der Waals surface area contributed by atoms with Crippen molar-refractivity contribution in [2.75, 3.05) is 26.0 Å². The molecule has 0 fully saturated rings. The van der Waals surface area contributed by atoms with Gasteiger partial charge in [0.2, 0.25) is 9.84 Å². The van der Waals surface area contributed by atoms with E-state index < -0.39 is 57.7 Å². The Balaban J connectivity index is 1.57. The van der Waals surface area contributed by atoms with Crippen LogP contribution in [0.3, 0.4) is 0 Å². The van der Waals surface area contributed by atoms with Crippen molar-refractivity contribution in [2.45, 2.75) is 29.2 Å². The zero-order valence-corrected chi connectivity index (χ0v) is 25.0. The lowest BCUT2D eigenvalue weighted by Crippen LogP contribution is -2.34. The van der Waals surface area contributed by atoms with Gasteiger partial charge in [-0.2, -0.15) is 0 Å². The fourth-order valence-electron chi connectivity index (χ4n) is 5.43. The average molecular weight is 624 g/mol. The summed E-state index contributed by atoms with van der Waals surface area (Å²) in [7, 11) is -6.87. The molecule has 1 atom stereocenters. The number of hydrogen-bond donors (Lipinski definition) is 1. The molecule has 13 heteroatoms. The molecule has 0 saturated heterocycles. The Morgan fingerprint density at radius 3 is 2.30 bits per heavy atom. The minimum Gasteiger partial charge on any atom is -0.461 e. The summed E-state index contributed by atoms with van der Waals surface area (Å²) < 4.78 is 60.8. The van der Waals surface area contributed by atoms with Crippen LogP contribution in [-0.2, 0) is 35.8 Å². The van der Waals surface area contributed by atoms with Gasteiger partial charge >= 0.3 is 5.97 Å². The van der Waals surface area contributed by atoms with Gasteiger partial charge in [0.15, 0.2) is 9.84 Å². The third-order valence-electron chi connectivity index (χ3n) is 7.35. The van der Waals surface area contributed by atoms with E-state index >= 15 is 0 Å². The zero-order valence-electron chi connectivity index (χ0n) is 23.4. The van der Waals surface area contributed by atoms with E-state index in [0.29, 0.717) is 13.1 Å². The van der Waals surface area contributed by atoms with Crippen molar-refractivity contribution < 1.29 is 31.3 Å². The Morgan fingerprint density at radius 2 is 1.60 bits per heavy atom. The number of fused-ring (bicyclic) bond motifs is 1. The highest BCUT2D eigenvalue weighted by atomic mass is 32.2. The van der Waals surface area contributed by atoms with Crippen LogP contribution >= 0.6 is 0 Å². The van der Waals surface area contributed by atoms with Crippen molar-refractivity contribution in [1.82, 2.24) is 10.2 Å². The van der Waals surface area contributed by atoms with Gasteiger partial charge in [0.05, 0.1) is 36.9 Å². The van der Waals surface area contributed by atoms with E-state index in [9.17, 15) is 31.7 Å². The van der Waals surface area contributed by atoms with Crippen LogP contribution in [0.15, 0.2) is 111 Å². The van der Waals surface area contributed by atoms with Gasteiger partial charge < -0.3 is 10.1 Å². The molecule has 0 bridgehead atoms. The standard InChI is InChI=1S/C30H29N3O8S2/c1-20-27(30(34)41-17-16-32(2)18-21-10-4-3-5-11-21)28(22-12-6-7-13-24(22)33(35)36)29-23(31-20)19-42(37,38)25-14-8-9-15-26(25)43(29,39)40/h3-15,28,31H,16-19H2,1-2H3. The average Bonchev–Trinajstić information content (AvgIpc) is 3.02. The molecule has 1 N–H and O–H groups in total. The van der Waals surface area contributed by atoms with Gasteiger partial charge in [0.1, 0.15) is 6.61 Å². The number of nitro benzene ring substituents is 1. The summed E-state index contributed by atoms with van der Waals surface area (Å²) >= 11 is 0. The van der Waals surface area contributed by atoms with Crippen molar-refractivity contribution in [3.05, 3.63) is 122 Å². The number of rotatable bonds is 8. The minimum absolute atomic E-state index is 0.0432. The highest BCUT2D eigenvalue weighted by molar-refractivity contribution is 7.97. The largest absolute Gasteiger partial charge is 0.461 e. The highest BCUT2D eigenvalue weighted by Crippen LogP contribution is 2.48. The summed E-state index contributed by atoms with van der Waals surface area (Å²) in [5.41, 5.74) is 0.388. The minimum atomic E-state index is -4.58. The van der Waals surface area contributed by atoms with Crippen molar-refractivity contribution in [3.63, 3.8) is 0 Å². The number of para-hydroxylation sites is 1. The van der Waals surface area contributed by atoms with E-state index in [-0.39, 0.29) is 34.0 Å². The van der Waals surface area contributed by atoms with Crippen molar-refractivity contribution in [3.8, 4) is 0 Å². The molecule has 2 heterocycles. The van der Waals surface area contributed by atoms with Gasteiger partial charge in [-0.15, -0.1) is 0 Å². The van der Waals surface area contributed by atoms with E-state index in [1.54, 1.807) is 0 Å². The van der Waals surface area contributed by atoms with Crippen LogP contribution in [0.5, 0.6) is 0 Å². The second kappa shape index (κ2) is 11.7. The number of carbonyl (C=O) groups excluding carboxylic acids is 1. The van der Waals surface area contributed by atoms with E-state index in [1.807, 2.05) is 42.3 Å². The van der Waals surface area contributed by atoms with Gasteiger partial charge in [0.25, 0.3) is 5.69 Å². The van der Waals surface area contributed by atoms with Crippen LogP contribution in [0.2, 0.25) is 0 Å². The summed E-state index contributed by atoms with van der Waals surface area (Å²) in [5, 5.41) is 14.9. The Labute approximate surface area is 249 Å². The normalized spacial score (nSPS) is 18.7. The predicted molar refractivity (Wildman–Crippen MR) is 158 cm³/mol. The fourth-order valence-corrected chi connectivity index (χ4v) is 9.48. The maximum absolute atomic E-state index is 14.2. The first-order valence-corrected chi connectivity index (χ1v) is 16.5. The first kappa shape index (κ1) is 30.1. The van der Waals surface area contributed by atoms with E-state index in [1.165, 1.54) is 55.5 Å². The number of nitro groups is 1. The van der Waals surface area contributed by atoms with Crippen LogP contribution < -0.4 is 5.32 Å². The van der Waals surface area contributed by atoms with Gasteiger partial charge in [0, 0.05) is 36.1 Å². The summed E-state index contributed by atoms with van der Waals surface area (Å²) in [4.78, 5) is 25.8. The lowest BCUT2D eigenvalue weighted by Gasteiger charge is -2.31. The fraction of sp³-hybridized carbons (Fsp3) is 0.233. The number of hydrogen-bond acceptors (Lipinski definition) is 10. The molecular weight excluding hydrogens is 594 g/mol. The second-order valence-electron chi connectivity index (χ2n) is 10.3. The molecule has 3 aromatic carbocycles. The maximum atomic E-state index is 14.2. The number of carbonyl (C=O) groups is 1. The van der Waals surface area contributed by atoms with Crippen molar-refractivity contribution in [1.29, 1.82) is 0 Å². The van der Waals surface area contributed by atoms with Crippen LogP contribution in [0.25, 0.3) is 0 Å². The molecule has 3 aromatic rings. The quantitative estimate of drug-likeness (QED) is 0.223. The number of ether oxygens (including phenoxy) is 1. The molecule has 0 saturated carbocycles. The monoisotopic (exact) mass is 623 g/mol. The molecule has 0 radical (unpaired) electrons. The van der Waals surface area contributed by atoms with E-state index in [2.05, 4.69) is 5.32 Å². The highest BCUT2D eigenvalue weighted by Gasteiger charge is 2.47. The summed E-state index contributed by atoms with van der Waals surface area (Å²) in [6.07, 6.45) is 0. The van der Waals surface area contributed by atoms with Gasteiger partial charge in [-0.3, -0.25) is 15.0 Å². The summed E-state index contributed by atoms with van der Waals surface area (Å²) in [6.45, 7) is 2.40. The number of nitrogens with zero attached hydrogens (tertiary/aromatic N) is 2. The number of allylic oxidation sites excluding steroid dienone is 2. The predicted octanol–water partition coefficient (Wildman–Crippen LogP) is 3.70. The molecule has 0 aliphatic carbocycles. The molecule has 2 aliphatic rings. The smallest absolute Gasteiger partial charge is 0.336 e. The lowest BCUT2D eigenvalue weighted by atomic mass is 9.85. The summed E-state index contributed by atoms with van der Waals surface area (Å²) in [6, 6.07) is 20.4. The Bertz CT molecular complexity index is 1880. The summed E-state index contributed by atoms with van der Waals surface area (Å²) in [5.74, 6) is -3.08. The molecule has 43 heavy (non-hydrogen) atoms. The first-order valence-electron chi connectivity index (χ1n) is 13.3. The number of nitrogens with one attached hydrogen (secondary N) is 1. The Hall–Kier alpha value is -4.33. The molecule has 0 amide bonds. The molecule has 0 spiro atoms. The van der Waals surface area contributed by atoms with Crippen LogP contribution in [0.1, 0.15) is 24.0 Å². The third-order valence-corrected chi connectivity index (χ3v) is 11.2. The molecule has 0 aromatic heterocycles. The number of dihydropyridines is 1. The Morgan fingerprint density at radius 1 is 0.977 bits per heavy atom. The maximum Gasteiger partial charge on any atom is 0.336 e. The molecule has 224 valence electrons. The molecule has 11 nitrogen and oxygen atoms in total. The number of esters is 1. The SMILES string of the molecule is CC1=C(C(=O)OCCN(C)Cc2ccccc2)C(c2ccccc2[N+](=O)[O-])C2=C(CS(=O)(=O)c3ccccc3S2(=O)=O)N1. The lowest BCUT2D eigenvalue weighted by molar-refractivity contribution is -0.385. The van der Waals surface area contributed by atoms with Crippen LogP contribution in [-0.4, -0.2) is 58.6 Å². The molecular formula is C30H29N3O8S2. The van der Waals surface area contributed by atoms with Crippen molar-refractivity contribution in [2.24, 2.45) is 0 Å².